The molecule has 0 saturated heterocycles. The summed E-state index contributed by atoms with van der Waals surface area (Å²) in [5.74, 6) is -0.170. The van der Waals surface area contributed by atoms with Gasteiger partial charge >= 0.3 is 0 Å². The number of aromatic nitrogens is 2. The summed E-state index contributed by atoms with van der Waals surface area (Å²) >= 11 is 0. The molecule has 7 heteroatoms. The highest BCUT2D eigenvalue weighted by Crippen LogP contribution is 1.96. The molecule has 1 amide bonds. The SMILES string of the molecule is CN(C)CCCOCCNC(=O)C(N)Cc1cnc[nH]1. The van der Waals surface area contributed by atoms with Crippen molar-refractivity contribution in [1.29, 1.82) is 0 Å². The number of carbonyl (C=O) groups excluding carboxylic acids is 1. The maximum atomic E-state index is 11.7. The highest BCUT2D eigenvalue weighted by atomic mass is 16.5. The van der Waals surface area contributed by atoms with E-state index in [1.54, 1.807) is 12.5 Å². The van der Waals surface area contributed by atoms with E-state index in [4.69, 9.17) is 10.5 Å². The van der Waals surface area contributed by atoms with Crippen molar-refractivity contribution in [2.75, 3.05) is 40.4 Å². The Kier molecular flexibility index (Phi) is 7.86. The summed E-state index contributed by atoms with van der Waals surface area (Å²) in [6.45, 7) is 2.70. The lowest BCUT2D eigenvalue weighted by Gasteiger charge is -2.12. The fraction of sp³-hybridized carbons (Fsp3) is 0.692. The Morgan fingerprint density at radius 3 is 3.00 bits per heavy atom. The lowest BCUT2D eigenvalue weighted by Crippen LogP contribution is -2.43. The van der Waals surface area contributed by atoms with Crippen molar-refractivity contribution in [3.05, 3.63) is 18.2 Å². The minimum Gasteiger partial charge on any atom is -0.380 e. The Morgan fingerprint density at radius 2 is 2.35 bits per heavy atom. The molecule has 0 saturated carbocycles. The van der Waals surface area contributed by atoms with Gasteiger partial charge in [-0.2, -0.15) is 0 Å². The average molecular weight is 283 g/mol. The lowest BCUT2D eigenvalue weighted by molar-refractivity contribution is -0.122. The zero-order chi connectivity index (χ0) is 14.8. The zero-order valence-corrected chi connectivity index (χ0v) is 12.3. The molecule has 20 heavy (non-hydrogen) atoms. The first-order chi connectivity index (χ1) is 9.59. The number of hydrogen-bond acceptors (Lipinski definition) is 5. The van der Waals surface area contributed by atoms with Gasteiger partial charge in [0, 0.05) is 31.5 Å². The Balaban J connectivity index is 2.02. The van der Waals surface area contributed by atoms with Gasteiger partial charge in [0.2, 0.25) is 5.91 Å². The first-order valence-electron chi connectivity index (χ1n) is 6.82. The minimum atomic E-state index is -0.566. The molecule has 4 N–H and O–H groups in total. The highest BCUT2D eigenvalue weighted by molar-refractivity contribution is 5.81. The van der Waals surface area contributed by atoms with Crippen LogP contribution in [0.1, 0.15) is 12.1 Å². The number of imidazole rings is 1. The molecule has 0 aromatic carbocycles. The number of nitrogens with zero attached hydrogens (tertiary/aromatic N) is 2. The van der Waals surface area contributed by atoms with Crippen LogP contribution in [0.4, 0.5) is 0 Å². The van der Waals surface area contributed by atoms with E-state index >= 15 is 0 Å². The summed E-state index contributed by atoms with van der Waals surface area (Å²) in [5, 5.41) is 2.76. The molecule has 1 aromatic heterocycles. The second kappa shape index (κ2) is 9.46. The molecule has 0 radical (unpaired) electrons. The second-order valence-corrected chi connectivity index (χ2v) is 4.95. The molecule has 0 fully saturated rings. The first-order valence-corrected chi connectivity index (χ1v) is 6.82. The van der Waals surface area contributed by atoms with E-state index < -0.39 is 6.04 Å². The molecule has 1 atom stereocenters. The summed E-state index contributed by atoms with van der Waals surface area (Å²) in [6, 6.07) is -0.566. The number of nitrogens with one attached hydrogen (secondary N) is 2. The molecule has 0 bridgehead atoms. The summed E-state index contributed by atoms with van der Waals surface area (Å²) in [4.78, 5) is 20.6. The second-order valence-electron chi connectivity index (χ2n) is 4.95. The molecular weight excluding hydrogens is 258 g/mol. The van der Waals surface area contributed by atoms with E-state index in [-0.39, 0.29) is 5.91 Å². The van der Waals surface area contributed by atoms with Crippen LogP contribution in [0.5, 0.6) is 0 Å². The number of H-pyrrole nitrogens is 1. The topological polar surface area (TPSA) is 96.3 Å². The highest BCUT2D eigenvalue weighted by Gasteiger charge is 2.13. The first kappa shape index (κ1) is 16.6. The van der Waals surface area contributed by atoms with Gasteiger partial charge in [-0.1, -0.05) is 0 Å². The number of carbonyl (C=O) groups is 1. The van der Waals surface area contributed by atoms with E-state index in [0.717, 1.165) is 18.7 Å². The van der Waals surface area contributed by atoms with Crippen LogP contribution in [-0.2, 0) is 16.0 Å². The van der Waals surface area contributed by atoms with Gasteiger partial charge in [-0.15, -0.1) is 0 Å². The molecule has 0 aliphatic heterocycles. The predicted octanol–water partition coefficient (Wildman–Crippen LogP) is -0.636. The predicted molar refractivity (Wildman–Crippen MR) is 77.3 cm³/mol. The molecular formula is C13H25N5O2. The number of rotatable bonds is 10. The molecule has 1 aromatic rings. The number of ether oxygens (including phenoxy) is 1. The fourth-order valence-electron chi connectivity index (χ4n) is 1.69. The lowest BCUT2D eigenvalue weighted by atomic mass is 10.1. The third kappa shape index (κ3) is 7.22. The van der Waals surface area contributed by atoms with Crippen molar-refractivity contribution >= 4 is 5.91 Å². The molecule has 1 rings (SSSR count). The fourth-order valence-corrected chi connectivity index (χ4v) is 1.69. The monoisotopic (exact) mass is 283 g/mol. The van der Waals surface area contributed by atoms with Gasteiger partial charge in [0.1, 0.15) is 0 Å². The Hall–Kier alpha value is -1.44. The quantitative estimate of drug-likeness (QED) is 0.497. The molecule has 0 aliphatic carbocycles. The van der Waals surface area contributed by atoms with Crippen LogP contribution in [0, 0.1) is 0 Å². The largest absolute Gasteiger partial charge is 0.380 e. The van der Waals surface area contributed by atoms with Crippen LogP contribution in [0.25, 0.3) is 0 Å². The van der Waals surface area contributed by atoms with Crippen LogP contribution >= 0.6 is 0 Å². The third-order valence-corrected chi connectivity index (χ3v) is 2.77. The van der Waals surface area contributed by atoms with Crippen molar-refractivity contribution in [3.63, 3.8) is 0 Å². The number of aromatic amines is 1. The van der Waals surface area contributed by atoms with Gasteiger partial charge in [-0.05, 0) is 27.1 Å². The zero-order valence-electron chi connectivity index (χ0n) is 12.3. The summed E-state index contributed by atoms with van der Waals surface area (Å²) in [6.07, 6.45) is 4.68. The van der Waals surface area contributed by atoms with E-state index in [0.29, 0.717) is 26.2 Å². The Bertz CT molecular complexity index is 367. The van der Waals surface area contributed by atoms with Crippen molar-refractivity contribution in [2.45, 2.75) is 18.9 Å². The summed E-state index contributed by atoms with van der Waals surface area (Å²) < 4.78 is 5.42. The third-order valence-electron chi connectivity index (χ3n) is 2.77. The maximum absolute atomic E-state index is 11.7. The molecule has 7 nitrogen and oxygen atoms in total. The number of hydrogen-bond donors (Lipinski definition) is 3. The van der Waals surface area contributed by atoms with E-state index in [2.05, 4.69) is 20.2 Å². The summed E-state index contributed by atoms with van der Waals surface area (Å²) in [5.41, 5.74) is 6.65. The van der Waals surface area contributed by atoms with Crippen molar-refractivity contribution in [1.82, 2.24) is 20.2 Å². The van der Waals surface area contributed by atoms with Crippen molar-refractivity contribution < 1.29 is 9.53 Å². The van der Waals surface area contributed by atoms with Crippen LogP contribution in [0.15, 0.2) is 12.5 Å². The molecule has 0 spiro atoms. The van der Waals surface area contributed by atoms with E-state index in [9.17, 15) is 4.79 Å². The van der Waals surface area contributed by atoms with Crippen molar-refractivity contribution in [3.8, 4) is 0 Å². The van der Waals surface area contributed by atoms with Gasteiger partial charge in [0.15, 0.2) is 0 Å². The van der Waals surface area contributed by atoms with Crippen LogP contribution < -0.4 is 11.1 Å². The average Bonchev–Trinajstić information content (AvgIpc) is 2.89. The van der Waals surface area contributed by atoms with E-state index in [1.165, 1.54) is 0 Å². The van der Waals surface area contributed by atoms with Gasteiger partial charge in [-0.25, -0.2) is 4.98 Å². The molecule has 1 unspecified atom stereocenters. The minimum absolute atomic E-state index is 0.170. The smallest absolute Gasteiger partial charge is 0.237 e. The summed E-state index contributed by atoms with van der Waals surface area (Å²) in [7, 11) is 4.06. The molecule has 0 aliphatic rings. The maximum Gasteiger partial charge on any atom is 0.237 e. The van der Waals surface area contributed by atoms with Gasteiger partial charge < -0.3 is 25.7 Å². The van der Waals surface area contributed by atoms with E-state index in [1.807, 2.05) is 14.1 Å². The number of amides is 1. The van der Waals surface area contributed by atoms with Crippen LogP contribution in [0.3, 0.4) is 0 Å². The molecule has 114 valence electrons. The van der Waals surface area contributed by atoms with Crippen molar-refractivity contribution in [2.24, 2.45) is 5.73 Å². The van der Waals surface area contributed by atoms with Gasteiger partial charge in [0.05, 0.1) is 19.0 Å². The van der Waals surface area contributed by atoms with Crippen LogP contribution in [0.2, 0.25) is 0 Å². The van der Waals surface area contributed by atoms with Crippen LogP contribution in [-0.4, -0.2) is 67.2 Å². The van der Waals surface area contributed by atoms with Gasteiger partial charge in [-0.3, -0.25) is 4.79 Å². The molecule has 1 heterocycles. The Morgan fingerprint density at radius 1 is 1.55 bits per heavy atom. The number of nitrogens with two attached hydrogens (primary N) is 1. The van der Waals surface area contributed by atoms with Gasteiger partial charge in [0.25, 0.3) is 0 Å². The normalized spacial score (nSPS) is 12.6. The Labute approximate surface area is 119 Å². The standard InChI is InChI=1S/C13H25N5O2/c1-18(2)5-3-6-20-7-4-16-13(19)12(14)8-11-9-15-10-17-11/h9-10,12H,3-8,14H2,1-2H3,(H,15,17)(H,16,19).